The van der Waals surface area contributed by atoms with Crippen molar-refractivity contribution in [2.75, 3.05) is 24.2 Å². The molecule has 0 spiro atoms. The van der Waals surface area contributed by atoms with Gasteiger partial charge < -0.3 is 10.1 Å². The van der Waals surface area contributed by atoms with E-state index in [0.717, 1.165) is 23.3 Å². The van der Waals surface area contributed by atoms with Crippen LogP contribution >= 0.6 is 0 Å². The third-order valence-electron chi connectivity index (χ3n) is 4.81. The van der Waals surface area contributed by atoms with E-state index in [0.29, 0.717) is 12.1 Å². The van der Waals surface area contributed by atoms with E-state index in [1.807, 2.05) is 56.3 Å². The number of amides is 1. The molecule has 7 heteroatoms. The van der Waals surface area contributed by atoms with Crippen molar-refractivity contribution in [2.45, 2.75) is 39.2 Å². The van der Waals surface area contributed by atoms with Crippen molar-refractivity contribution in [3.05, 3.63) is 59.7 Å². The highest BCUT2D eigenvalue weighted by Crippen LogP contribution is 2.23. The monoisotopic (exact) mass is 418 g/mol. The van der Waals surface area contributed by atoms with Gasteiger partial charge in [-0.3, -0.25) is 9.10 Å². The summed E-state index contributed by atoms with van der Waals surface area (Å²) >= 11 is 0. The van der Waals surface area contributed by atoms with Gasteiger partial charge in [0.1, 0.15) is 5.75 Å². The Bertz CT molecular complexity index is 911. The van der Waals surface area contributed by atoms with Crippen molar-refractivity contribution in [2.24, 2.45) is 0 Å². The van der Waals surface area contributed by atoms with E-state index in [-0.39, 0.29) is 24.9 Å². The molecule has 6 nitrogen and oxygen atoms in total. The van der Waals surface area contributed by atoms with Gasteiger partial charge in [-0.15, -0.1) is 0 Å². The topological polar surface area (TPSA) is 75.7 Å². The van der Waals surface area contributed by atoms with Crippen LogP contribution in [-0.4, -0.2) is 34.2 Å². The number of para-hydroxylation sites is 1. The Labute approximate surface area is 173 Å². The highest BCUT2D eigenvalue weighted by atomic mass is 32.2. The first kappa shape index (κ1) is 22.7. The Morgan fingerprint density at radius 1 is 1.14 bits per heavy atom. The van der Waals surface area contributed by atoms with Crippen LogP contribution < -0.4 is 14.4 Å². The number of carbonyl (C=O) groups is 1. The molecule has 1 atom stereocenters. The Morgan fingerprint density at radius 3 is 2.34 bits per heavy atom. The molecule has 0 heterocycles. The lowest BCUT2D eigenvalue weighted by Gasteiger charge is -2.24. The third-order valence-corrected chi connectivity index (χ3v) is 5.99. The first-order valence-electron chi connectivity index (χ1n) is 9.73. The summed E-state index contributed by atoms with van der Waals surface area (Å²) in [5, 5.41) is 3.04. The van der Waals surface area contributed by atoms with E-state index in [1.165, 1.54) is 10.6 Å². The minimum Gasteiger partial charge on any atom is -0.497 e. The van der Waals surface area contributed by atoms with Crippen LogP contribution in [-0.2, 0) is 14.8 Å². The molecule has 0 saturated carbocycles. The summed E-state index contributed by atoms with van der Waals surface area (Å²) in [6.07, 6.45) is 2.64. The normalized spacial score (nSPS) is 12.3. The van der Waals surface area contributed by atoms with Crippen molar-refractivity contribution < 1.29 is 17.9 Å². The highest BCUT2D eigenvalue weighted by Gasteiger charge is 2.19. The first-order chi connectivity index (χ1) is 13.8. The van der Waals surface area contributed by atoms with Gasteiger partial charge in [-0.05, 0) is 49.1 Å². The number of nitrogens with one attached hydrogen (secondary N) is 1. The molecule has 0 aromatic heterocycles. The average Bonchev–Trinajstić information content (AvgIpc) is 2.69. The Hall–Kier alpha value is -2.54. The number of nitrogens with zero attached hydrogens (tertiary/aromatic N) is 1. The molecule has 1 amide bonds. The van der Waals surface area contributed by atoms with Gasteiger partial charge >= 0.3 is 0 Å². The Balaban J connectivity index is 1.96. The SMILES string of the molecule is CC[C@@H](NC(=O)CCCN(c1ccccc1C)S(C)(=O)=O)c1ccc(OC)cc1. The maximum Gasteiger partial charge on any atom is 0.232 e. The molecule has 29 heavy (non-hydrogen) atoms. The number of ether oxygens (including phenoxy) is 1. The third kappa shape index (κ3) is 6.49. The number of rotatable bonds is 10. The van der Waals surface area contributed by atoms with Gasteiger partial charge in [0.2, 0.25) is 15.9 Å². The number of hydrogen-bond donors (Lipinski definition) is 1. The van der Waals surface area contributed by atoms with E-state index < -0.39 is 10.0 Å². The fourth-order valence-corrected chi connectivity index (χ4v) is 4.24. The molecule has 0 aliphatic heterocycles. The molecule has 0 radical (unpaired) electrons. The number of hydrogen-bond acceptors (Lipinski definition) is 4. The predicted octanol–water partition coefficient (Wildman–Crippen LogP) is 3.82. The molecule has 2 aromatic carbocycles. The van der Waals surface area contributed by atoms with Gasteiger partial charge in [0.25, 0.3) is 0 Å². The summed E-state index contributed by atoms with van der Waals surface area (Å²) in [5.74, 6) is 0.679. The van der Waals surface area contributed by atoms with Crippen LogP contribution in [0.1, 0.15) is 43.4 Å². The standard InChI is InChI=1S/C22H30N2O4S/c1-5-20(18-12-14-19(28-3)15-13-18)23-22(25)11-8-16-24(29(4,26)27)21-10-7-6-9-17(21)2/h6-7,9-10,12-15,20H,5,8,11,16H2,1-4H3,(H,23,25)/t20-/m1/s1. The Morgan fingerprint density at radius 2 is 1.79 bits per heavy atom. The molecular formula is C22H30N2O4S. The van der Waals surface area contributed by atoms with Crippen molar-refractivity contribution >= 4 is 21.6 Å². The second kappa shape index (κ2) is 10.3. The largest absolute Gasteiger partial charge is 0.497 e. The van der Waals surface area contributed by atoms with Crippen LogP contribution in [0.5, 0.6) is 5.75 Å². The molecular weight excluding hydrogens is 388 g/mol. The molecule has 0 aliphatic rings. The van der Waals surface area contributed by atoms with E-state index in [1.54, 1.807) is 13.2 Å². The molecule has 0 saturated heterocycles. The Kier molecular flexibility index (Phi) is 8.08. The van der Waals surface area contributed by atoms with Gasteiger partial charge in [0, 0.05) is 13.0 Å². The quantitative estimate of drug-likeness (QED) is 0.636. The number of benzene rings is 2. The molecule has 2 rings (SSSR count). The minimum atomic E-state index is -3.43. The molecule has 0 fully saturated rings. The van der Waals surface area contributed by atoms with E-state index in [2.05, 4.69) is 5.32 Å². The lowest BCUT2D eigenvalue weighted by atomic mass is 10.0. The molecule has 1 N–H and O–H groups in total. The second-order valence-corrected chi connectivity index (χ2v) is 8.93. The van der Waals surface area contributed by atoms with Gasteiger partial charge in [-0.1, -0.05) is 37.3 Å². The molecule has 0 aliphatic carbocycles. The number of anilines is 1. The fourth-order valence-electron chi connectivity index (χ4n) is 3.22. The summed E-state index contributed by atoms with van der Waals surface area (Å²) in [4.78, 5) is 12.4. The van der Waals surface area contributed by atoms with Crippen molar-refractivity contribution in [1.29, 1.82) is 0 Å². The van der Waals surface area contributed by atoms with Crippen LogP contribution in [0.2, 0.25) is 0 Å². The first-order valence-corrected chi connectivity index (χ1v) is 11.6. The molecule has 2 aromatic rings. The van der Waals surface area contributed by atoms with E-state index >= 15 is 0 Å². The van der Waals surface area contributed by atoms with E-state index in [9.17, 15) is 13.2 Å². The average molecular weight is 419 g/mol. The zero-order valence-electron chi connectivity index (χ0n) is 17.5. The van der Waals surface area contributed by atoms with Crippen LogP contribution in [0, 0.1) is 6.92 Å². The van der Waals surface area contributed by atoms with Gasteiger partial charge in [0.15, 0.2) is 0 Å². The van der Waals surface area contributed by atoms with Crippen LogP contribution in [0.3, 0.4) is 0 Å². The van der Waals surface area contributed by atoms with Crippen molar-refractivity contribution in [3.63, 3.8) is 0 Å². The maximum atomic E-state index is 12.4. The van der Waals surface area contributed by atoms with Crippen LogP contribution in [0.25, 0.3) is 0 Å². The molecule has 0 unspecified atom stereocenters. The van der Waals surface area contributed by atoms with Gasteiger partial charge in [-0.2, -0.15) is 0 Å². The smallest absolute Gasteiger partial charge is 0.232 e. The summed E-state index contributed by atoms with van der Waals surface area (Å²) in [6.45, 7) is 4.15. The van der Waals surface area contributed by atoms with Crippen molar-refractivity contribution in [1.82, 2.24) is 5.32 Å². The summed E-state index contributed by atoms with van der Waals surface area (Å²) in [7, 11) is -1.81. The number of sulfonamides is 1. The van der Waals surface area contributed by atoms with E-state index in [4.69, 9.17) is 4.74 Å². The summed E-state index contributed by atoms with van der Waals surface area (Å²) < 4.78 is 31.0. The summed E-state index contributed by atoms with van der Waals surface area (Å²) in [6, 6.07) is 14.9. The lowest BCUT2D eigenvalue weighted by Crippen LogP contribution is -2.33. The maximum absolute atomic E-state index is 12.4. The highest BCUT2D eigenvalue weighted by molar-refractivity contribution is 7.92. The minimum absolute atomic E-state index is 0.0872. The van der Waals surface area contributed by atoms with Crippen molar-refractivity contribution in [3.8, 4) is 5.75 Å². The van der Waals surface area contributed by atoms with Crippen LogP contribution in [0.15, 0.2) is 48.5 Å². The molecule has 158 valence electrons. The number of aryl methyl sites for hydroxylation is 1. The summed E-state index contributed by atoms with van der Waals surface area (Å²) in [5.41, 5.74) is 2.55. The van der Waals surface area contributed by atoms with Crippen LogP contribution in [0.4, 0.5) is 5.69 Å². The lowest BCUT2D eigenvalue weighted by molar-refractivity contribution is -0.121. The van der Waals surface area contributed by atoms with Gasteiger partial charge in [0.05, 0.1) is 25.1 Å². The second-order valence-electron chi connectivity index (χ2n) is 7.03. The number of carbonyl (C=O) groups excluding carboxylic acids is 1. The molecule has 0 bridgehead atoms. The zero-order chi connectivity index (χ0) is 21.4. The zero-order valence-corrected chi connectivity index (χ0v) is 18.3. The van der Waals surface area contributed by atoms with Gasteiger partial charge in [-0.25, -0.2) is 8.42 Å². The fraction of sp³-hybridized carbons (Fsp3) is 0.409. The number of methoxy groups -OCH3 is 1. The predicted molar refractivity (Wildman–Crippen MR) is 117 cm³/mol.